The Morgan fingerprint density at radius 3 is 2.28 bits per heavy atom. The summed E-state index contributed by atoms with van der Waals surface area (Å²) in [4.78, 5) is 6.99. The molecule has 2 atom stereocenters. The summed E-state index contributed by atoms with van der Waals surface area (Å²) in [6, 6.07) is 17.1. The minimum Gasteiger partial charge on any atom is -0.352 e. The molecule has 3 heterocycles. The van der Waals surface area contributed by atoms with Gasteiger partial charge in [-0.1, -0.05) is 24.3 Å². The molecule has 5 heteroatoms. The van der Waals surface area contributed by atoms with Crippen LogP contribution < -0.4 is 5.32 Å². The van der Waals surface area contributed by atoms with Crippen molar-refractivity contribution in [3.05, 3.63) is 82.9 Å². The highest BCUT2D eigenvalue weighted by Gasteiger charge is 2.43. The Morgan fingerprint density at radius 1 is 0.966 bits per heavy atom. The monoisotopic (exact) mass is 404 g/mol. The molecule has 1 aliphatic rings. The lowest BCUT2D eigenvalue weighted by molar-refractivity contribution is 0.268. The van der Waals surface area contributed by atoms with Gasteiger partial charge in [-0.05, 0) is 76.7 Å². The molecule has 4 rings (SSSR count). The standard InChI is InChI=1S/C24H28N4S/c1-15(2)27-23(22(26-24(27)29)20-13-9-10-14-25-20)21-16(3)17(4)28(18(21)5)19-11-7-6-8-12-19/h6-15,22-23H,1-5H3,(H,26,29)/t22-,23-/m1/s1. The molecule has 3 aromatic rings. The van der Waals surface area contributed by atoms with E-state index >= 15 is 0 Å². The quantitative estimate of drug-likeness (QED) is 0.608. The summed E-state index contributed by atoms with van der Waals surface area (Å²) in [7, 11) is 0. The van der Waals surface area contributed by atoms with E-state index in [9.17, 15) is 0 Å². The molecule has 0 saturated carbocycles. The first-order valence-corrected chi connectivity index (χ1v) is 10.6. The molecule has 1 aromatic carbocycles. The zero-order chi connectivity index (χ0) is 20.7. The SMILES string of the molecule is Cc1c([C@@H]2[C@@H](c3ccccn3)NC(=S)N2C(C)C)c(C)n(-c2ccccc2)c1C. The van der Waals surface area contributed by atoms with Crippen LogP contribution in [0.5, 0.6) is 0 Å². The largest absolute Gasteiger partial charge is 0.352 e. The number of nitrogens with one attached hydrogen (secondary N) is 1. The summed E-state index contributed by atoms with van der Waals surface area (Å²) in [5.41, 5.74) is 7.39. The molecule has 0 aliphatic carbocycles. The van der Waals surface area contributed by atoms with Gasteiger partial charge in [-0.2, -0.15) is 0 Å². The fourth-order valence-corrected chi connectivity index (χ4v) is 5.09. The lowest BCUT2D eigenvalue weighted by Crippen LogP contribution is -2.36. The fraction of sp³-hybridized carbons (Fsp3) is 0.333. The number of hydrogen-bond donors (Lipinski definition) is 1. The maximum absolute atomic E-state index is 5.77. The van der Waals surface area contributed by atoms with Gasteiger partial charge in [0, 0.05) is 34.9 Å². The van der Waals surface area contributed by atoms with Crippen molar-refractivity contribution in [2.24, 2.45) is 0 Å². The summed E-state index contributed by atoms with van der Waals surface area (Å²) in [5, 5.41) is 4.35. The van der Waals surface area contributed by atoms with Crippen molar-refractivity contribution in [2.75, 3.05) is 0 Å². The van der Waals surface area contributed by atoms with Gasteiger partial charge in [-0.25, -0.2) is 0 Å². The van der Waals surface area contributed by atoms with E-state index in [-0.39, 0.29) is 18.1 Å². The molecule has 1 saturated heterocycles. The van der Waals surface area contributed by atoms with Crippen LogP contribution in [-0.2, 0) is 0 Å². The van der Waals surface area contributed by atoms with Crippen molar-refractivity contribution >= 4 is 17.3 Å². The first-order valence-electron chi connectivity index (χ1n) is 10.2. The van der Waals surface area contributed by atoms with Crippen LogP contribution in [-0.4, -0.2) is 25.6 Å². The highest BCUT2D eigenvalue weighted by atomic mass is 32.1. The van der Waals surface area contributed by atoms with Gasteiger partial charge in [0.05, 0.1) is 17.8 Å². The smallest absolute Gasteiger partial charge is 0.170 e. The normalized spacial score (nSPS) is 19.1. The zero-order valence-corrected chi connectivity index (χ0v) is 18.5. The molecule has 1 fully saturated rings. The van der Waals surface area contributed by atoms with Gasteiger partial charge < -0.3 is 14.8 Å². The van der Waals surface area contributed by atoms with Crippen LogP contribution in [0.2, 0.25) is 0 Å². The average molecular weight is 405 g/mol. The molecule has 0 amide bonds. The number of rotatable bonds is 4. The third-order valence-corrected chi connectivity index (χ3v) is 6.34. The van der Waals surface area contributed by atoms with E-state index in [1.165, 1.54) is 28.2 Å². The van der Waals surface area contributed by atoms with Crippen LogP contribution in [0.4, 0.5) is 0 Å². The summed E-state index contributed by atoms with van der Waals surface area (Å²) in [5.74, 6) is 0. The number of aromatic nitrogens is 2. The van der Waals surface area contributed by atoms with Crippen LogP contribution in [0.1, 0.15) is 54.1 Å². The second-order valence-corrected chi connectivity index (χ2v) is 8.39. The van der Waals surface area contributed by atoms with Gasteiger partial charge in [0.1, 0.15) is 0 Å². The molecular weight excluding hydrogens is 376 g/mol. The average Bonchev–Trinajstić information content (AvgIpc) is 3.16. The minimum absolute atomic E-state index is 0.0227. The maximum Gasteiger partial charge on any atom is 0.170 e. The van der Waals surface area contributed by atoms with E-state index in [0.717, 1.165) is 10.8 Å². The lowest BCUT2D eigenvalue weighted by atomic mass is 9.93. The summed E-state index contributed by atoms with van der Waals surface area (Å²) in [6.07, 6.45) is 1.86. The van der Waals surface area contributed by atoms with Crippen molar-refractivity contribution in [1.82, 2.24) is 19.8 Å². The number of pyridine rings is 1. The van der Waals surface area contributed by atoms with E-state index in [0.29, 0.717) is 0 Å². The Balaban J connectivity index is 1.91. The van der Waals surface area contributed by atoms with Gasteiger partial charge in [0.15, 0.2) is 5.11 Å². The summed E-state index contributed by atoms with van der Waals surface area (Å²) in [6.45, 7) is 11.1. The minimum atomic E-state index is 0.0227. The summed E-state index contributed by atoms with van der Waals surface area (Å²) < 4.78 is 2.36. The topological polar surface area (TPSA) is 33.1 Å². The van der Waals surface area contributed by atoms with Crippen LogP contribution >= 0.6 is 12.2 Å². The van der Waals surface area contributed by atoms with Crippen LogP contribution in [0, 0.1) is 20.8 Å². The molecule has 150 valence electrons. The van der Waals surface area contributed by atoms with Crippen LogP contribution in [0.15, 0.2) is 54.7 Å². The molecule has 4 nitrogen and oxygen atoms in total. The van der Waals surface area contributed by atoms with E-state index < -0.39 is 0 Å². The molecule has 29 heavy (non-hydrogen) atoms. The van der Waals surface area contributed by atoms with Gasteiger partial charge in [0.2, 0.25) is 0 Å². The third kappa shape index (κ3) is 3.23. The van der Waals surface area contributed by atoms with Gasteiger partial charge in [-0.3, -0.25) is 4.98 Å². The zero-order valence-electron chi connectivity index (χ0n) is 17.7. The highest BCUT2D eigenvalue weighted by Crippen LogP contribution is 2.44. The van der Waals surface area contributed by atoms with E-state index in [1.807, 2.05) is 18.3 Å². The number of para-hydroxylation sites is 1. The molecule has 1 N–H and O–H groups in total. The molecule has 0 bridgehead atoms. The Bertz CT molecular complexity index is 1020. The molecule has 0 spiro atoms. The van der Waals surface area contributed by atoms with Crippen molar-refractivity contribution < 1.29 is 0 Å². The molecule has 0 unspecified atom stereocenters. The lowest BCUT2D eigenvalue weighted by Gasteiger charge is -2.32. The summed E-state index contributed by atoms with van der Waals surface area (Å²) >= 11 is 5.77. The Labute approximate surface area is 178 Å². The fourth-order valence-electron chi connectivity index (χ4n) is 4.64. The second-order valence-electron chi connectivity index (χ2n) is 8.01. The van der Waals surface area contributed by atoms with E-state index in [2.05, 4.69) is 90.8 Å². The Hall–Kier alpha value is -2.66. The second kappa shape index (κ2) is 7.64. The third-order valence-electron chi connectivity index (χ3n) is 6.01. The first kappa shape index (κ1) is 19.6. The Morgan fingerprint density at radius 2 is 1.66 bits per heavy atom. The van der Waals surface area contributed by atoms with Gasteiger partial charge in [0.25, 0.3) is 0 Å². The number of benzene rings is 1. The molecule has 1 aliphatic heterocycles. The highest BCUT2D eigenvalue weighted by molar-refractivity contribution is 7.80. The van der Waals surface area contributed by atoms with E-state index in [4.69, 9.17) is 12.2 Å². The number of nitrogens with zero attached hydrogens (tertiary/aromatic N) is 3. The van der Waals surface area contributed by atoms with Crippen molar-refractivity contribution in [2.45, 2.75) is 52.7 Å². The Kier molecular flexibility index (Phi) is 5.17. The van der Waals surface area contributed by atoms with E-state index in [1.54, 1.807) is 0 Å². The van der Waals surface area contributed by atoms with Gasteiger partial charge >= 0.3 is 0 Å². The van der Waals surface area contributed by atoms with Crippen molar-refractivity contribution in [3.63, 3.8) is 0 Å². The number of hydrogen-bond acceptors (Lipinski definition) is 2. The maximum atomic E-state index is 5.77. The molecule has 0 radical (unpaired) electrons. The predicted octanol–water partition coefficient (Wildman–Crippen LogP) is 5.18. The molecular formula is C24H28N4S. The predicted molar refractivity (Wildman–Crippen MR) is 122 cm³/mol. The van der Waals surface area contributed by atoms with Crippen LogP contribution in [0.3, 0.4) is 0 Å². The number of thiocarbonyl (C=S) groups is 1. The van der Waals surface area contributed by atoms with Crippen LogP contribution in [0.25, 0.3) is 5.69 Å². The molecule has 2 aromatic heterocycles. The van der Waals surface area contributed by atoms with Gasteiger partial charge in [-0.15, -0.1) is 0 Å². The first-order chi connectivity index (χ1) is 13.9. The van der Waals surface area contributed by atoms with Crippen molar-refractivity contribution in [3.8, 4) is 5.69 Å². The van der Waals surface area contributed by atoms with Crippen molar-refractivity contribution in [1.29, 1.82) is 0 Å².